The first-order chi connectivity index (χ1) is 9.24. The Hall–Kier alpha value is -1.35. The van der Waals surface area contributed by atoms with Crippen LogP contribution in [0.2, 0.25) is 0 Å². The Labute approximate surface area is 115 Å². The summed E-state index contributed by atoms with van der Waals surface area (Å²) in [6.45, 7) is 4.93. The van der Waals surface area contributed by atoms with Crippen molar-refractivity contribution in [2.75, 3.05) is 13.1 Å². The molecule has 1 heterocycles. The van der Waals surface area contributed by atoms with Gasteiger partial charge in [-0.1, -0.05) is 29.8 Å². The van der Waals surface area contributed by atoms with Crippen molar-refractivity contribution >= 4 is 5.91 Å². The topological polar surface area (TPSA) is 41.1 Å². The van der Waals surface area contributed by atoms with E-state index in [1.807, 2.05) is 6.07 Å². The Bertz CT molecular complexity index is 411. The van der Waals surface area contributed by atoms with Gasteiger partial charge in [-0.2, -0.15) is 0 Å². The molecule has 1 amide bonds. The van der Waals surface area contributed by atoms with Crippen molar-refractivity contribution in [2.24, 2.45) is 5.92 Å². The molecule has 3 nitrogen and oxygen atoms in total. The molecule has 1 aromatic carbocycles. The Morgan fingerprint density at radius 1 is 1.37 bits per heavy atom. The molecule has 2 rings (SSSR count). The molecule has 0 bridgehead atoms. The van der Waals surface area contributed by atoms with Gasteiger partial charge in [-0.25, -0.2) is 0 Å². The van der Waals surface area contributed by atoms with Crippen LogP contribution in [0.5, 0.6) is 0 Å². The predicted molar refractivity (Wildman–Crippen MR) is 77.9 cm³/mol. The molecule has 3 heteroatoms. The van der Waals surface area contributed by atoms with Crippen LogP contribution in [0.4, 0.5) is 0 Å². The van der Waals surface area contributed by atoms with Gasteiger partial charge in [0.25, 0.3) is 0 Å². The Morgan fingerprint density at radius 2 is 2.16 bits per heavy atom. The van der Waals surface area contributed by atoms with E-state index in [4.69, 9.17) is 0 Å². The van der Waals surface area contributed by atoms with Gasteiger partial charge < -0.3 is 10.6 Å². The summed E-state index contributed by atoms with van der Waals surface area (Å²) in [6.07, 6.45) is 4.12. The van der Waals surface area contributed by atoms with Gasteiger partial charge in [-0.05, 0) is 50.8 Å². The Balaban J connectivity index is 1.66. The summed E-state index contributed by atoms with van der Waals surface area (Å²) in [4.78, 5) is 11.8. The SMILES string of the molecule is Cc1cccc(CNC(=O)CCC2CCNCC2)c1. The van der Waals surface area contributed by atoms with E-state index in [1.165, 1.54) is 24.0 Å². The first kappa shape index (κ1) is 14.1. The highest BCUT2D eigenvalue weighted by Crippen LogP contribution is 2.17. The van der Waals surface area contributed by atoms with Crippen molar-refractivity contribution in [1.29, 1.82) is 0 Å². The maximum atomic E-state index is 11.8. The summed E-state index contributed by atoms with van der Waals surface area (Å²) in [5, 5.41) is 6.36. The molecule has 0 aliphatic carbocycles. The van der Waals surface area contributed by atoms with E-state index in [9.17, 15) is 4.79 Å². The predicted octanol–water partition coefficient (Wildman–Crippen LogP) is 2.39. The zero-order chi connectivity index (χ0) is 13.5. The van der Waals surface area contributed by atoms with E-state index in [1.54, 1.807) is 0 Å². The highest BCUT2D eigenvalue weighted by Gasteiger charge is 2.14. The number of hydrogen-bond donors (Lipinski definition) is 2. The number of benzene rings is 1. The lowest BCUT2D eigenvalue weighted by atomic mass is 9.93. The first-order valence-corrected chi connectivity index (χ1v) is 7.27. The monoisotopic (exact) mass is 260 g/mol. The van der Waals surface area contributed by atoms with Gasteiger partial charge in [0.15, 0.2) is 0 Å². The average Bonchev–Trinajstić information content (AvgIpc) is 2.44. The number of amides is 1. The fourth-order valence-corrected chi connectivity index (χ4v) is 2.62. The minimum Gasteiger partial charge on any atom is -0.352 e. The molecule has 0 spiro atoms. The van der Waals surface area contributed by atoms with Crippen LogP contribution in [0.3, 0.4) is 0 Å². The summed E-state index contributed by atoms with van der Waals surface area (Å²) >= 11 is 0. The number of hydrogen-bond acceptors (Lipinski definition) is 2. The lowest BCUT2D eigenvalue weighted by Gasteiger charge is -2.22. The van der Waals surface area contributed by atoms with Crippen molar-refractivity contribution in [3.05, 3.63) is 35.4 Å². The van der Waals surface area contributed by atoms with Crippen LogP contribution in [0.1, 0.15) is 36.8 Å². The zero-order valence-electron chi connectivity index (χ0n) is 11.7. The van der Waals surface area contributed by atoms with E-state index in [0.717, 1.165) is 25.4 Å². The van der Waals surface area contributed by atoms with Crippen molar-refractivity contribution in [1.82, 2.24) is 10.6 Å². The van der Waals surface area contributed by atoms with Crippen LogP contribution in [0.25, 0.3) is 0 Å². The standard InChI is InChI=1S/C16H24N2O/c1-13-3-2-4-15(11-13)12-18-16(19)6-5-14-7-9-17-10-8-14/h2-4,11,14,17H,5-10,12H2,1H3,(H,18,19). The van der Waals surface area contributed by atoms with Crippen LogP contribution < -0.4 is 10.6 Å². The second-order valence-corrected chi connectivity index (χ2v) is 5.50. The smallest absolute Gasteiger partial charge is 0.220 e. The number of nitrogens with one attached hydrogen (secondary N) is 2. The van der Waals surface area contributed by atoms with Crippen LogP contribution in [0.15, 0.2) is 24.3 Å². The normalized spacial score (nSPS) is 16.3. The van der Waals surface area contributed by atoms with Gasteiger partial charge in [0, 0.05) is 13.0 Å². The second kappa shape index (κ2) is 7.29. The van der Waals surface area contributed by atoms with Gasteiger partial charge >= 0.3 is 0 Å². The zero-order valence-corrected chi connectivity index (χ0v) is 11.7. The lowest BCUT2D eigenvalue weighted by Crippen LogP contribution is -2.29. The molecule has 1 aliphatic heterocycles. The van der Waals surface area contributed by atoms with Crippen LogP contribution >= 0.6 is 0 Å². The highest BCUT2D eigenvalue weighted by molar-refractivity contribution is 5.75. The quantitative estimate of drug-likeness (QED) is 0.853. The minimum atomic E-state index is 0.181. The molecule has 2 N–H and O–H groups in total. The molecule has 1 aliphatic rings. The van der Waals surface area contributed by atoms with Gasteiger partial charge in [0.05, 0.1) is 0 Å². The molecule has 1 fully saturated rings. The summed E-state index contributed by atoms with van der Waals surface area (Å²) in [7, 11) is 0. The number of piperidine rings is 1. The molecule has 0 atom stereocenters. The maximum absolute atomic E-state index is 11.8. The van der Waals surface area contributed by atoms with E-state index >= 15 is 0 Å². The van der Waals surface area contributed by atoms with Crippen LogP contribution in [0, 0.1) is 12.8 Å². The third kappa shape index (κ3) is 5.03. The fourth-order valence-electron chi connectivity index (χ4n) is 2.62. The van der Waals surface area contributed by atoms with E-state index in [2.05, 4.69) is 35.8 Å². The fraction of sp³-hybridized carbons (Fsp3) is 0.562. The minimum absolute atomic E-state index is 0.181. The third-order valence-corrected chi connectivity index (χ3v) is 3.81. The maximum Gasteiger partial charge on any atom is 0.220 e. The van der Waals surface area contributed by atoms with E-state index in [-0.39, 0.29) is 5.91 Å². The summed E-state index contributed by atoms with van der Waals surface area (Å²) in [6, 6.07) is 8.28. The molecule has 104 valence electrons. The molecular formula is C16H24N2O. The molecule has 19 heavy (non-hydrogen) atoms. The van der Waals surface area contributed by atoms with Crippen LogP contribution in [-0.2, 0) is 11.3 Å². The molecule has 0 radical (unpaired) electrons. The van der Waals surface area contributed by atoms with Gasteiger partial charge in [-0.15, -0.1) is 0 Å². The van der Waals surface area contributed by atoms with Gasteiger partial charge in [0.1, 0.15) is 0 Å². The average molecular weight is 260 g/mol. The Kier molecular flexibility index (Phi) is 5.40. The Morgan fingerprint density at radius 3 is 2.89 bits per heavy atom. The van der Waals surface area contributed by atoms with Crippen molar-refractivity contribution in [3.63, 3.8) is 0 Å². The molecule has 0 saturated carbocycles. The number of carbonyl (C=O) groups is 1. The molecular weight excluding hydrogens is 236 g/mol. The summed E-state index contributed by atoms with van der Waals surface area (Å²) in [5.41, 5.74) is 2.41. The summed E-state index contributed by atoms with van der Waals surface area (Å²) < 4.78 is 0. The first-order valence-electron chi connectivity index (χ1n) is 7.27. The second-order valence-electron chi connectivity index (χ2n) is 5.50. The van der Waals surface area contributed by atoms with E-state index in [0.29, 0.717) is 13.0 Å². The third-order valence-electron chi connectivity index (χ3n) is 3.81. The lowest BCUT2D eigenvalue weighted by molar-refractivity contribution is -0.121. The largest absolute Gasteiger partial charge is 0.352 e. The molecule has 0 aromatic heterocycles. The number of carbonyl (C=O) groups excluding carboxylic acids is 1. The van der Waals surface area contributed by atoms with Gasteiger partial charge in [-0.3, -0.25) is 4.79 Å². The highest BCUT2D eigenvalue weighted by atomic mass is 16.1. The van der Waals surface area contributed by atoms with Gasteiger partial charge in [0.2, 0.25) is 5.91 Å². The molecule has 1 saturated heterocycles. The van der Waals surface area contributed by atoms with Crippen molar-refractivity contribution in [2.45, 2.75) is 39.2 Å². The van der Waals surface area contributed by atoms with Crippen LogP contribution in [-0.4, -0.2) is 19.0 Å². The molecule has 0 unspecified atom stereocenters. The number of aryl methyl sites for hydroxylation is 1. The van der Waals surface area contributed by atoms with Crippen molar-refractivity contribution < 1.29 is 4.79 Å². The summed E-state index contributed by atoms with van der Waals surface area (Å²) in [5.74, 6) is 0.908. The van der Waals surface area contributed by atoms with Crippen molar-refractivity contribution in [3.8, 4) is 0 Å². The van der Waals surface area contributed by atoms with E-state index < -0.39 is 0 Å². The number of rotatable bonds is 5. The molecule has 1 aromatic rings.